The van der Waals surface area contributed by atoms with E-state index in [1.165, 1.54) is 11.3 Å². The number of likely N-dealkylation sites (N-methyl/N-ethyl adjacent to an activating group) is 2. The van der Waals surface area contributed by atoms with Crippen molar-refractivity contribution in [3.63, 3.8) is 0 Å². The molecule has 0 bridgehead atoms. The number of aromatic nitrogens is 1. The molecule has 0 fully saturated rings. The summed E-state index contributed by atoms with van der Waals surface area (Å²) in [5.41, 5.74) is -0.320. The van der Waals surface area contributed by atoms with Gasteiger partial charge in [0.15, 0.2) is 5.13 Å². The first-order valence-corrected chi connectivity index (χ1v) is 7.68. The molecular formula is C14H25N3O2S. The third-order valence-corrected chi connectivity index (χ3v) is 4.29. The molecule has 1 N–H and O–H groups in total. The summed E-state index contributed by atoms with van der Waals surface area (Å²) in [6.45, 7) is 9.42. The second-order valence-electron chi connectivity index (χ2n) is 5.84. The van der Waals surface area contributed by atoms with Crippen molar-refractivity contribution < 1.29 is 9.90 Å². The molecule has 0 saturated heterocycles. The second kappa shape index (κ2) is 6.54. The highest BCUT2D eigenvalue weighted by molar-refractivity contribution is 7.13. The minimum absolute atomic E-state index is 0.335. The summed E-state index contributed by atoms with van der Waals surface area (Å²) in [6, 6.07) is 0.335. The van der Waals surface area contributed by atoms with Gasteiger partial charge in [-0.05, 0) is 41.8 Å². The van der Waals surface area contributed by atoms with Gasteiger partial charge in [0, 0.05) is 24.5 Å². The molecule has 0 aliphatic carbocycles. The Morgan fingerprint density at radius 3 is 2.55 bits per heavy atom. The number of thiazole rings is 1. The SMILES string of the molecule is CCN(c1nc(C(C)(C)C(=O)O)cs1)C(C)CN(C)C. The van der Waals surface area contributed by atoms with E-state index in [1.54, 1.807) is 13.8 Å². The maximum absolute atomic E-state index is 11.3. The van der Waals surface area contributed by atoms with Crippen LogP contribution in [-0.2, 0) is 10.2 Å². The van der Waals surface area contributed by atoms with Gasteiger partial charge in [0.2, 0.25) is 0 Å². The van der Waals surface area contributed by atoms with Crippen LogP contribution in [0.25, 0.3) is 0 Å². The van der Waals surface area contributed by atoms with Crippen LogP contribution in [0.3, 0.4) is 0 Å². The Bertz CT molecular complexity index is 457. The van der Waals surface area contributed by atoms with Gasteiger partial charge in [0.05, 0.1) is 5.69 Å². The van der Waals surface area contributed by atoms with Crippen molar-refractivity contribution in [2.45, 2.75) is 39.2 Å². The lowest BCUT2D eigenvalue weighted by Crippen LogP contribution is -2.40. The van der Waals surface area contributed by atoms with Crippen LogP contribution in [0.1, 0.15) is 33.4 Å². The molecule has 1 unspecified atom stereocenters. The Morgan fingerprint density at radius 2 is 2.10 bits per heavy atom. The molecular weight excluding hydrogens is 274 g/mol. The van der Waals surface area contributed by atoms with E-state index in [9.17, 15) is 9.90 Å². The molecule has 1 rings (SSSR count). The molecule has 1 atom stereocenters. The van der Waals surface area contributed by atoms with Gasteiger partial charge in [-0.2, -0.15) is 0 Å². The quantitative estimate of drug-likeness (QED) is 0.837. The van der Waals surface area contributed by atoms with Gasteiger partial charge in [-0.15, -0.1) is 11.3 Å². The Labute approximate surface area is 125 Å². The number of anilines is 1. The fourth-order valence-corrected chi connectivity index (χ4v) is 3.22. The molecule has 0 aliphatic rings. The van der Waals surface area contributed by atoms with Crippen molar-refractivity contribution >= 4 is 22.4 Å². The predicted octanol–water partition coefficient (Wildman–Crippen LogP) is 2.28. The molecule has 1 aromatic heterocycles. The first-order valence-electron chi connectivity index (χ1n) is 6.80. The van der Waals surface area contributed by atoms with Crippen LogP contribution in [-0.4, -0.2) is 54.2 Å². The van der Waals surface area contributed by atoms with Crippen LogP contribution >= 0.6 is 11.3 Å². The third-order valence-electron chi connectivity index (χ3n) is 3.41. The van der Waals surface area contributed by atoms with Crippen molar-refractivity contribution in [3.05, 3.63) is 11.1 Å². The lowest BCUT2D eigenvalue weighted by atomic mass is 9.90. The first-order chi connectivity index (χ1) is 9.20. The number of rotatable bonds is 7. The maximum atomic E-state index is 11.3. The maximum Gasteiger partial charge on any atom is 0.315 e. The average Bonchev–Trinajstić information content (AvgIpc) is 2.78. The Kier molecular flexibility index (Phi) is 5.53. The molecule has 1 heterocycles. The molecule has 0 aliphatic heterocycles. The highest BCUT2D eigenvalue weighted by atomic mass is 32.1. The zero-order valence-electron chi connectivity index (χ0n) is 13.2. The van der Waals surface area contributed by atoms with Gasteiger partial charge < -0.3 is 14.9 Å². The summed E-state index contributed by atoms with van der Waals surface area (Å²) in [4.78, 5) is 20.2. The topological polar surface area (TPSA) is 56.7 Å². The molecule has 114 valence electrons. The number of aliphatic carboxylic acids is 1. The molecule has 0 amide bonds. The van der Waals surface area contributed by atoms with Crippen LogP contribution in [0.2, 0.25) is 0 Å². The normalized spacial score (nSPS) is 13.6. The van der Waals surface area contributed by atoms with Crippen molar-refractivity contribution in [1.29, 1.82) is 0 Å². The molecule has 1 aromatic rings. The van der Waals surface area contributed by atoms with Crippen molar-refractivity contribution in [2.75, 3.05) is 32.1 Å². The lowest BCUT2D eigenvalue weighted by Gasteiger charge is -2.29. The van der Waals surface area contributed by atoms with Crippen LogP contribution in [0.15, 0.2) is 5.38 Å². The monoisotopic (exact) mass is 299 g/mol. The number of carboxylic acids is 1. The molecule has 5 nitrogen and oxygen atoms in total. The van der Waals surface area contributed by atoms with Crippen LogP contribution in [0.4, 0.5) is 5.13 Å². The van der Waals surface area contributed by atoms with Gasteiger partial charge in [-0.25, -0.2) is 4.98 Å². The summed E-state index contributed by atoms with van der Waals surface area (Å²) >= 11 is 1.51. The van der Waals surface area contributed by atoms with E-state index in [0.717, 1.165) is 18.2 Å². The van der Waals surface area contributed by atoms with Crippen LogP contribution < -0.4 is 4.90 Å². The van der Waals surface area contributed by atoms with Crippen molar-refractivity contribution in [2.24, 2.45) is 0 Å². The standard InChI is InChI=1S/C14H25N3O2S/c1-7-17(10(2)8-16(5)6)13-15-11(9-20-13)14(3,4)12(18)19/h9-10H,7-8H2,1-6H3,(H,18,19). The molecule has 6 heteroatoms. The zero-order chi connectivity index (χ0) is 15.5. The Morgan fingerprint density at radius 1 is 1.50 bits per heavy atom. The smallest absolute Gasteiger partial charge is 0.315 e. The average molecular weight is 299 g/mol. The second-order valence-corrected chi connectivity index (χ2v) is 6.68. The molecule has 20 heavy (non-hydrogen) atoms. The van der Waals surface area contributed by atoms with Crippen LogP contribution in [0, 0.1) is 0 Å². The number of carbonyl (C=O) groups is 1. The fourth-order valence-electron chi connectivity index (χ4n) is 2.06. The highest BCUT2D eigenvalue weighted by Gasteiger charge is 2.32. The van der Waals surface area contributed by atoms with E-state index in [-0.39, 0.29) is 0 Å². The fraction of sp³-hybridized carbons (Fsp3) is 0.714. The zero-order valence-corrected chi connectivity index (χ0v) is 14.0. The van der Waals surface area contributed by atoms with Crippen molar-refractivity contribution in [3.8, 4) is 0 Å². The van der Waals surface area contributed by atoms with Gasteiger partial charge in [-0.1, -0.05) is 0 Å². The van der Waals surface area contributed by atoms with Crippen LogP contribution in [0.5, 0.6) is 0 Å². The van der Waals surface area contributed by atoms with E-state index < -0.39 is 11.4 Å². The van der Waals surface area contributed by atoms with Crippen molar-refractivity contribution in [1.82, 2.24) is 9.88 Å². The van der Waals surface area contributed by atoms with Gasteiger partial charge in [-0.3, -0.25) is 4.79 Å². The Balaban J connectivity index is 2.97. The molecule has 0 spiro atoms. The first kappa shape index (κ1) is 16.9. The van der Waals surface area contributed by atoms with E-state index in [4.69, 9.17) is 0 Å². The number of hydrogen-bond acceptors (Lipinski definition) is 5. The Hall–Kier alpha value is -1.14. The summed E-state index contributed by atoms with van der Waals surface area (Å²) in [7, 11) is 4.09. The van der Waals surface area contributed by atoms with E-state index >= 15 is 0 Å². The number of nitrogens with zero attached hydrogens (tertiary/aromatic N) is 3. The summed E-state index contributed by atoms with van der Waals surface area (Å²) < 4.78 is 0. The van der Waals surface area contributed by atoms with Gasteiger partial charge >= 0.3 is 5.97 Å². The minimum Gasteiger partial charge on any atom is -0.481 e. The highest BCUT2D eigenvalue weighted by Crippen LogP contribution is 2.30. The predicted molar refractivity (Wildman–Crippen MR) is 83.8 cm³/mol. The molecule has 0 saturated carbocycles. The summed E-state index contributed by atoms with van der Waals surface area (Å²) in [5, 5.41) is 12.0. The minimum atomic E-state index is -0.945. The number of hydrogen-bond donors (Lipinski definition) is 1. The van der Waals surface area contributed by atoms with Gasteiger partial charge in [0.25, 0.3) is 0 Å². The molecule has 0 aromatic carbocycles. The lowest BCUT2D eigenvalue weighted by molar-refractivity contribution is -0.142. The number of carboxylic acid groups (broad SMARTS) is 1. The summed E-state index contributed by atoms with van der Waals surface area (Å²) in [5.74, 6) is -0.848. The van der Waals surface area contributed by atoms with E-state index in [1.807, 2.05) is 19.5 Å². The van der Waals surface area contributed by atoms with E-state index in [2.05, 4.69) is 28.6 Å². The van der Waals surface area contributed by atoms with Gasteiger partial charge in [0.1, 0.15) is 5.41 Å². The largest absolute Gasteiger partial charge is 0.481 e. The van der Waals surface area contributed by atoms with E-state index in [0.29, 0.717) is 11.7 Å². The summed E-state index contributed by atoms with van der Waals surface area (Å²) in [6.07, 6.45) is 0. The third kappa shape index (κ3) is 3.70. The molecule has 0 radical (unpaired) electrons.